The number of rotatable bonds is 3. The van der Waals surface area contributed by atoms with Gasteiger partial charge in [-0.05, 0) is 26.8 Å². The molecule has 1 N–H and O–H groups in total. The molecule has 6 heteroatoms. The van der Waals surface area contributed by atoms with Crippen LogP contribution in [0.25, 0.3) is 0 Å². The van der Waals surface area contributed by atoms with Crippen molar-refractivity contribution in [3.63, 3.8) is 0 Å². The Morgan fingerprint density at radius 2 is 1.95 bits per heavy atom. The number of esters is 1. The van der Waals surface area contributed by atoms with Gasteiger partial charge in [0, 0.05) is 12.3 Å². The second-order valence-corrected chi connectivity index (χ2v) is 5.59. The molecule has 0 aliphatic heterocycles. The average molecular weight is 280 g/mol. The number of amides is 1. The molecule has 0 spiro atoms. The minimum Gasteiger partial charge on any atom is -0.444 e. The van der Waals surface area contributed by atoms with Crippen LogP contribution in [-0.4, -0.2) is 22.6 Å². The smallest absolute Gasteiger partial charge is 0.412 e. The first-order chi connectivity index (χ1) is 9.17. The van der Waals surface area contributed by atoms with Gasteiger partial charge in [0.05, 0.1) is 11.6 Å². The lowest BCUT2D eigenvalue weighted by Gasteiger charge is -2.19. The largest absolute Gasteiger partial charge is 0.444 e. The van der Waals surface area contributed by atoms with Crippen molar-refractivity contribution in [2.45, 2.75) is 40.2 Å². The monoisotopic (exact) mass is 280 g/mol. The molecule has 110 valence electrons. The Morgan fingerprint density at radius 1 is 1.30 bits per heavy atom. The van der Waals surface area contributed by atoms with Crippen LogP contribution in [0.3, 0.4) is 0 Å². The molecule has 0 radical (unpaired) electrons. The van der Waals surface area contributed by atoms with Gasteiger partial charge in [-0.2, -0.15) is 0 Å². The molecule has 0 aliphatic carbocycles. The maximum atomic E-state index is 11.6. The number of hydrogen-bond donors (Lipinski definition) is 1. The van der Waals surface area contributed by atoms with E-state index in [2.05, 4.69) is 10.3 Å². The predicted octanol–water partition coefficient (Wildman–Crippen LogP) is 2.99. The summed E-state index contributed by atoms with van der Waals surface area (Å²) >= 11 is 0. The molecule has 1 aromatic heterocycles. The number of ether oxygens (including phenoxy) is 2. The molecule has 0 unspecified atom stereocenters. The van der Waals surface area contributed by atoms with Gasteiger partial charge in [-0.15, -0.1) is 0 Å². The summed E-state index contributed by atoms with van der Waals surface area (Å²) in [5.74, 6) is -0.497. The van der Waals surface area contributed by atoms with Crippen molar-refractivity contribution in [3.05, 3.63) is 18.3 Å². The molecule has 20 heavy (non-hydrogen) atoms. The molecule has 0 saturated carbocycles. The Kier molecular flexibility index (Phi) is 5.07. The summed E-state index contributed by atoms with van der Waals surface area (Å²) in [6.45, 7) is 8.77. The fraction of sp³-hybridized carbons (Fsp3) is 0.500. The molecule has 1 rings (SSSR count). The zero-order valence-corrected chi connectivity index (χ0v) is 12.4. The van der Waals surface area contributed by atoms with Crippen LogP contribution in [0.5, 0.6) is 5.88 Å². The highest BCUT2D eigenvalue weighted by Crippen LogP contribution is 2.16. The van der Waals surface area contributed by atoms with Gasteiger partial charge < -0.3 is 9.47 Å². The van der Waals surface area contributed by atoms with Crippen LogP contribution in [0.4, 0.5) is 10.5 Å². The quantitative estimate of drug-likeness (QED) is 0.861. The number of carbonyl (C=O) groups is 2. The molecular weight excluding hydrogens is 260 g/mol. The molecule has 0 bridgehead atoms. The molecular formula is C14H20N2O4. The zero-order chi connectivity index (χ0) is 15.3. The van der Waals surface area contributed by atoms with Gasteiger partial charge in [-0.1, -0.05) is 13.8 Å². The summed E-state index contributed by atoms with van der Waals surface area (Å²) in [6.07, 6.45) is 0.861. The Morgan fingerprint density at radius 3 is 2.50 bits per heavy atom. The normalized spacial score (nSPS) is 11.1. The molecule has 0 atom stereocenters. The molecule has 0 saturated heterocycles. The highest BCUT2D eigenvalue weighted by molar-refractivity contribution is 5.85. The second-order valence-electron chi connectivity index (χ2n) is 5.59. The van der Waals surface area contributed by atoms with Crippen molar-refractivity contribution in [2.24, 2.45) is 5.92 Å². The minimum absolute atomic E-state index is 0.136. The fourth-order valence-corrected chi connectivity index (χ4v) is 1.19. The number of nitrogens with one attached hydrogen (secondary N) is 1. The summed E-state index contributed by atoms with van der Waals surface area (Å²) in [4.78, 5) is 27.0. The SMILES string of the molecule is CC(C)C(=O)Oc1cc(NC(=O)OC(C)(C)C)ccn1. The summed E-state index contributed by atoms with van der Waals surface area (Å²) in [7, 11) is 0. The summed E-state index contributed by atoms with van der Waals surface area (Å²) in [6, 6.07) is 3.04. The van der Waals surface area contributed by atoms with E-state index < -0.39 is 11.7 Å². The topological polar surface area (TPSA) is 77.5 Å². The van der Waals surface area contributed by atoms with Gasteiger partial charge in [0.15, 0.2) is 0 Å². The fourth-order valence-electron chi connectivity index (χ4n) is 1.19. The van der Waals surface area contributed by atoms with Crippen LogP contribution in [0.15, 0.2) is 18.3 Å². The predicted molar refractivity (Wildman–Crippen MR) is 74.6 cm³/mol. The number of carbonyl (C=O) groups excluding carboxylic acids is 2. The summed E-state index contributed by atoms with van der Waals surface area (Å²) in [5.41, 5.74) is -0.134. The minimum atomic E-state index is -0.579. The standard InChI is InChI=1S/C14H20N2O4/c1-9(2)12(17)19-11-8-10(6-7-15-11)16-13(18)20-14(3,4)5/h6-9H,1-5H3,(H,15,16,18). The van der Waals surface area contributed by atoms with Crippen LogP contribution in [0.2, 0.25) is 0 Å². The molecule has 0 fully saturated rings. The summed E-state index contributed by atoms with van der Waals surface area (Å²) in [5, 5.41) is 2.55. The van der Waals surface area contributed by atoms with E-state index in [1.165, 1.54) is 12.3 Å². The van der Waals surface area contributed by atoms with E-state index in [4.69, 9.17) is 9.47 Å². The Balaban J connectivity index is 2.69. The molecule has 0 aromatic carbocycles. The van der Waals surface area contributed by atoms with Crippen molar-refractivity contribution >= 4 is 17.7 Å². The molecule has 1 amide bonds. The lowest BCUT2D eigenvalue weighted by molar-refractivity contribution is -0.138. The highest BCUT2D eigenvalue weighted by Gasteiger charge is 2.17. The van der Waals surface area contributed by atoms with Crippen molar-refractivity contribution < 1.29 is 19.1 Å². The van der Waals surface area contributed by atoms with Gasteiger partial charge >= 0.3 is 12.1 Å². The molecule has 1 aromatic rings. The molecule has 1 heterocycles. The van der Waals surface area contributed by atoms with Crippen molar-refractivity contribution in [1.29, 1.82) is 0 Å². The Labute approximate surface area is 118 Å². The Hall–Kier alpha value is -2.11. The lowest BCUT2D eigenvalue weighted by atomic mass is 10.2. The van der Waals surface area contributed by atoms with Crippen molar-refractivity contribution in [1.82, 2.24) is 4.98 Å². The molecule has 0 aliphatic rings. The van der Waals surface area contributed by atoms with E-state index in [0.717, 1.165) is 0 Å². The third-order valence-electron chi connectivity index (χ3n) is 2.06. The van der Waals surface area contributed by atoms with Crippen LogP contribution < -0.4 is 10.1 Å². The first kappa shape index (κ1) is 15.9. The van der Waals surface area contributed by atoms with Gasteiger partial charge in [-0.25, -0.2) is 9.78 Å². The van der Waals surface area contributed by atoms with Crippen LogP contribution in [-0.2, 0) is 9.53 Å². The van der Waals surface area contributed by atoms with Crippen molar-refractivity contribution in [3.8, 4) is 5.88 Å². The van der Waals surface area contributed by atoms with Gasteiger partial charge in [0.2, 0.25) is 5.88 Å². The third-order valence-corrected chi connectivity index (χ3v) is 2.06. The van der Waals surface area contributed by atoms with Gasteiger partial charge in [-0.3, -0.25) is 10.1 Å². The van der Waals surface area contributed by atoms with E-state index in [1.807, 2.05) is 0 Å². The maximum absolute atomic E-state index is 11.6. The van der Waals surface area contributed by atoms with Crippen LogP contribution in [0.1, 0.15) is 34.6 Å². The van der Waals surface area contributed by atoms with Gasteiger partial charge in [0.25, 0.3) is 0 Å². The van der Waals surface area contributed by atoms with Crippen molar-refractivity contribution in [2.75, 3.05) is 5.32 Å². The van der Waals surface area contributed by atoms with Crippen LogP contribution in [0, 0.1) is 5.92 Å². The van der Waals surface area contributed by atoms with Crippen LogP contribution >= 0.6 is 0 Å². The number of anilines is 1. The maximum Gasteiger partial charge on any atom is 0.412 e. The van der Waals surface area contributed by atoms with E-state index in [9.17, 15) is 9.59 Å². The summed E-state index contributed by atoms with van der Waals surface area (Å²) < 4.78 is 10.2. The number of nitrogens with zero attached hydrogens (tertiary/aromatic N) is 1. The van der Waals surface area contributed by atoms with E-state index in [-0.39, 0.29) is 17.8 Å². The van der Waals surface area contributed by atoms with Gasteiger partial charge in [0.1, 0.15) is 5.60 Å². The first-order valence-electron chi connectivity index (χ1n) is 6.35. The zero-order valence-electron chi connectivity index (χ0n) is 12.4. The molecule has 6 nitrogen and oxygen atoms in total. The van der Waals surface area contributed by atoms with E-state index in [0.29, 0.717) is 5.69 Å². The highest BCUT2D eigenvalue weighted by atomic mass is 16.6. The van der Waals surface area contributed by atoms with E-state index in [1.54, 1.807) is 40.7 Å². The third kappa shape index (κ3) is 5.69. The van der Waals surface area contributed by atoms with E-state index >= 15 is 0 Å². The number of hydrogen-bond acceptors (Lipinski definition) is 5. The Bertz CT molecular complexity index is 492. The second kappa shape index (κ2) is 6.36. The first-order valence-corrected chi connectivity index (χ1v) is 6.35. The lowest BCUT2D eigenvalue weighted by Crippen LogP contribution is -2.27. The number of aromatic nitrogens is 1. The number of pyridine rings is 1. The average Bonchev–Trinajstić information content (AvgIpc) is 2.26.